The number of rotatable bonds is 1. The highest BCUT2D eigenvalue weighted by Crippen LogP contribution is 2.20. The van der Waals surface area contributed by atoms with Crippen molar-refractivity contribution >= 4 is 6.72 Å². The third-order valence-electron chi connectivity index (χ3n) is 1.22. The highest BCUT2D eigenvalue weighted by Gasteiger charge is 2.10. The predicted molar refractivity (Wildman–Crippen MR) is 37.3 cm³/mol. The minimum atomic E-state index is 0.736. The molecule has 0 radical (unpaired) electrons. The molecule has 1 rings (SSSR count). The largest absolute Gasteiger partial charge is 0.491 e. The summed E-state index contributed by atoms with van der Waals surface area (Å²) >= 11 is 0. The molecular formula is C7H9NO. The quantitative estimate of drug-likeness (QED) is 0.484. The topological polar surface area (TPSA) is 21.6 Å². The Morgan fingerprint density at radius 1 is 1.67 bits per heavy atom. The highest BCUT2D eigenvalue weighted by molar-refractivity contribution is 5.31. The normalized spacial score (nSPS) is 22.2. The molecule has 48 valence electrons. The Balaban J connectivity index is 2.69. The SMILES string of the molecule is C=N/C=C1/OCCC1=C. The van der Waals surface area contributed by atoms with Crippen LogP contribution in [0, 0.1) is 0 Å². The molecule has 1 heterocycles. The summed E-state index contributed by atoms with van der Waals surface area (Å²) < 4.78 is 5.13. The molecule has 0 saturated carbocycles. The van der Waals surface area contributed by atoms with Crippen LogP contribution in [0.2, 0.25) is 0 Å². The monoisotopic (exact) mass is 123 g/mol. The van der Waals surface area contributed by atoms with Crippen molar-refractivity contribution in [3.8, 4) is 0 Å². The minimum absolute atomic E-state index is 0.736. The van der Waals surface area contributed by atoms with E-state index < -0.39 is 0 Å². The maximum Gasteiger partial charge on any atom is 0.140 e. The molecule has 0 N–H and O–H groups in total. The second-order valence-corrected chi connectivity index (χ2v) is 1.88. The van der Waals surface area contributed by atoms with Crippen LogP contribution in [0.15, 0.2) is 29.1 Å². The number of nitrogens with zero attached hydrogens (tertiary/aromatic N) is 1. The molecule has 0 unspecified atom stereocenters. The zero-order chi connectivity index (χ0) is 6.69. The van der Waals surface area contributed by atoms with Gasteiger partial charge < -0.3 is 4.74 Å². The van der Waals surface area contributed by atoms with Gasteiger partial charge in [-0.2, -0.15) is 0 Å². The van der Waals surface area contributed by atoms with Gasteiger partial charge in [-0.25, -0.2) is 0 Å². The molecule has 9 heavy (non-hydrogen) atoms. The van der Waals surface area contributed by atoms with Crippen molar-refractivity contribution in [3.05, 3.63) is 24.1 Å². The van der Waals surface area contributed by atoms with Crippen LogP contribution < -0.4 is 0 Å². The maximum atomic E-state index is 5.13. The van der Waals surface area contributed by atoms with Crippen LogP contribution in [0.25, 0.3) is 0 Å². The van der Waals surface area contributed by atoms with Crippen LogP contribution in [-0.2, 0) is 4.74 Å². The van der Waals surface area contributed by atoms with Crippen molar-refractivity contribution < 1.29 is 4.74 Å². The fraction of sp³-hybridized carbons (Fsp3) is 0.286. The lowest BCUT2D eigenvalue weighted by Crippen LogP contribution is -1.77. The van der Waals surface area contributed by atoms with Crippen molar-refractivity contribution in [3.63, 3.8) is 0 Å². The van der Waals surface area contributed by atoms with E-state index in [1.807, 2.05) is 0 Å². The van der Waals surface area contributed by atoms with E-state index in [1.165, 1.54) is 0 Å². The molecule has 0 aromatic carbocycles. The van der Waals surface area contributed by atoms with Gasteiger partial charge in [0, 0.05) is 6.42 Å². The van der Waals surface area contributed by atoms with Crippen LogP contribution >= 0.6 is 0 Å². The number of allylic oxidation sites excluding steroid dienone is 1. The molecule has 0 spiro atoms. The Labute approximate surface area is 54.6 Å². The molecule has 1 saturated heterocycles. The molecule has 0 aromatic heterocycles. The average Bonchev–Trinajstić information content (AvgIpc) is 2.18. The first kappa shape index (κ1) is 6.08. The van der Waals surface area contributed by atoms with E-state index in [2.05, 4.69) is 18.3 Å². The number of hydrogen-bond donors (Lipinski definition) is 0. The lowest BCUT2D eigenvalue weighted by Gasteiger charge is -1.93. The summed E-state index contributed by atoms with van der Waals surface area (Å²) in [6.07, 6.45) is 2.51. The van der Waals surface area contributed by atoms with Crippen molar-refractivity contribution in [2.24, 2.45) is 4.99 Å². The molecule has 0 aliphatic carbocycles. The van der Waals surface area contributed by atoms with Crippen LogP contribution in [0.4, 0.5) is 0 Å². The number of hydrogen-bond acceptors (Lipinski definition) is 2. The lowest BCUT2D eigenvalue weighted by molar-refractivity contribution is 0.265. The lowest BCUT2D eigenvalue weighted by atomic mass is 10.2. The van der Waals surface area contributed by atoms with Crippen LogP contribution in [0.5, 0.6) is 0 Å². The van der Waals surface area contributed by atoms with Gasteiger partial charge in [0.25, 0.3) is 0 Å². The Morgan fingerprint density at radius 2 is 2.44 bits per heavy atom. The summed E-state index contributed by atoms with van der Waals surface area (Å²) in [5, 5.41) is 0. The summed E-state index contributed by atoms with van der Waals surface area (Å²) in [6, 6.07) is 0. The van der Waals surface area contributed by atoms with Crippen molar-refractivity contribution in [1.29, 1.82) is 0 Å². The van der Waals surface area contributed by atoms with Crippen LogP contribution in [0.1, 0.15) is 6.42 Å². The first-order chi connectivity index (χ1) is 4.34. The van der Waals surface area contributed by atoms with Gasteiger partial charge in [0.05, 0.1) is 12.8 Å². The van der Waals surface area contributed by atoms with Gasteiger partial charge in [0.2, 0.25) is 0 Å². The summed E-state index contributed by atoms with van der Waals surface area (Å²) in [7, 11) is 0. The van der Waals surface area contributed by atoms with Crippen LogP contribution in [0.3, 0.4) is 0 Å². The van der Waals surface area contributed by atoms with E-state index in [0.29, 0.717) is 0 Å². The summed E-state index contributed by atoms with van der Waals surface area (Å²) in [4.78, 5) is 3.57. The second kappa shape index (κ2) is 2.49. The van der Waals surface area contributed by atoms with Gasteiger partial charge in [0.1, 0.15) is 5.76 Å². The van der Waals surface area contributed by atoms with E-state index in [-0.39, 0.29) is 0 Å². The molecule has 0 aromatic rings. The number of ether oxygens (including phenoxy) is 1. The second-order valence-electron chi connectivity index (χ2n) is 1.88. The summed E-state index contributed by atoms with van der Waals surface area (Å²) in [5.41, 5.74) is 1.02. The van der Waals surface area contributed by atoms with E-state index >= 15 is 0 Å². The van der Waals surface area contributed by atoms with Crippen molar-refractivity contribution in [2.45, 2.75) is 6.42 Å². The van der Waals surface area contributed by atoms with Gasteiger partial charge in [-0.15, -0.1) is 0 Å². The molecule has 0 amide bonds. The van der Waals surface area contributed by atoms with Crippen molar-refractivity contribution in [2.75, 3.05) is 6.61 Å². The van der Waals surface area contributed by atoms with Gasteiger partial charge >= 0.3 is 0 Å². The summed E-state index contributed by atoms with van der Waals surface area (Å²) in [6.45, 7) is 7.82. The van der Waals surface area contributed by atoms with E-state index in [1.54, 1.807) is 6.20 Å². The zero-order valence-corrected chi connectivity index (χ0v) is 5.26. The van der Waals surface area contributed by atoms with Gasteiger partial charge in [-0.1, -0.05) is 6.58 Å². The fourth-order valence-electron chi connectivity index (χ4n) is 0.721. The van der Waals surface area contributed by atoms with Gasteiger partial charge in [0.15, 0.2) is 0 Å². The third kappa shape index (κ3) is 1.19. The fourth-order valence-corrected chi connectivity index (χ4v) is 0.721. The van der Waals surface area contributed by atoms with Gasteiger partial charge in [-0.05, 0) is 12.3 Å². The summed E-state index contributed by atoms with van der Waals surface area (Å²) in [5.74, 6) is 0.782. The standard InChI is InChI=1S/C7H9NO/c1-6-3-4-9-7(6)5-8-2/h5H,1-4H2/b7-5+. The van der Waals surface area contributed by atoms with Gasteiger partial charge in [-0.3, -0.25) is 4.99 Å². The molecule has 0 bridgehead atoms. The minimum Gasteiger partial charge on any atom is -0.491 e. The molecule has 1 aliphatic rings. The molecule has 2 nitrogen and oxygen atoms in total. The first-order valence-electron chi connectivity index (χ1n) is 2.81. The Kier molecular flexibility index (Phi) is 1.68. The van der Waals surface area contributed by atoms with E-state index in [4.69, 9.17) is 4.74 Å². The Bertz CT molecular complexity index is 170. The van der Waals surface area contributed by atoms with Crippen molar-refractivity contribution in [1.82, 2.24) is 0 Å². The molecular weight excluding hydrogens is 114 g/mol. The third-order valence-corrected chi connectivity index (χ3v) is 1.22. The smallest absolute Gasteiger partial charge is 0.140 e. The Morgan fingerprint density at radius 3 is 2.89 bits per heavy atom. The molecule has 1 fully saturated rings. The zero-order valence-electron chi connectivity index (χ0n) is 5.26. The highest BCUT2D eigenvalue weighted by atomic mass is 16.5. The Hall–Kier alpha value is -1.05. The van der Waals surface area contributed by atoms with E-state index in [9.17, 15) is 0 Å². The molecule has 1 aliphatic heterocycles. The maximum absolute atomic E-state index is 5.13. The van der Waals surface area contributed by atoms with Crippen LogP contribution in [-0.4, -0.2) is 13.3 Å². The van der Waals surface area contributed by atoms with E-state index in [0.717, 1.165) is 24.4 Å². The molecule has 2 heteroatoms. The number of aliphatic imine (C=N–C) groups is 1. The molecule has 0 atom stereocenters. The predicted octanol–water partition coefficient (Wildman–Crippen LogP) is 1.50. The average molecular weight is 123 g/mol. The first-order valence-corrected chi connectivity index (χ1v) is 2.81.